The number of amides is 1. The van der Waals surface area contributed by atoms with Crippen molar-refractivity contribution in [2.24, 2.45) is 5.92 Å². The van der Waals surface area contributed by atoms with Gasteiger partial charge in [0.1, 0.15) is 0 Å². The zero-order valence-electron chi connectivity index (χ0n) is 11.5. The maximum atomic E-state index is 11.9. The molecule has 0 radical (unpaired) electrons. The van der Waals surface area contributed by atoms with Crippen molar-refractivity contribution < 1.29 is 4.79 Å². The van der Waals surface area contributed by atoms with Crippen LogP contribution in [0.25, 0.3) is 0 Å². The van der Waals surface area contributed by atoms with E-state index in [4.69, 9.17) is 11.6 Å². The van der Waals surface area contributed by atoms with Crippen molar-refractivity contribution in [1.82, 2.24) is 10.2 Å². The van der Waals surface area contributed by atoms with Gasteiger partial charge < -0.3 is 5.32 Å². The van der Waals surface area contributed by atoms with Crippen LogP contribution in [0.4, 0.5) is 0 Å². The normalized spacial score (nSPS) is 16.4. The van der Waals surface area contributed by atoms with Gasteiger partial charge in [0.2, 0.25) is 5.91 Å². The summed E-state index contributed by atoms with van der Waals surface area (Å²) in [5, 5.41) is 3.80. The van der Waals surface area contributed by atoms with Crippen LogP contribution in [0.1, 0.15) is 25.3 Å². The van der Waals surface area contributed by atoms with Gasteiger partial charge in [-0.3, -0.25) is 9.69 Å². The number of halogens is 1. The summed E-state index contributed by atoms with van der Waals surface area (Å²) in [5.41, 5.74) is 1.12. The minimum absolute atomic E-state index is 0.101. The number of benzene rings is 1. The number of nitrogens with zero attached hydrogens (tertiary/aromatic N) is 1. The molecule has 1 N–H and O–H groups in total. The molecule has 104 valence electrons. The lowest BCUT2D eigenvalue weighted by atomic mass is 10.2. The number of hydrogen-bond acceptors (Lipinski definition) is 2. The molecule has 1 aromatic carbocycles. The van der Waals surface area contributed by atoms with E-state index < -0.39 is 0 Å². The molecular formula is C15H21ClN2O. The van der Waals surface area contributed by atoms with Gasteiger partial charge in [-0.1, -0.05) is 23.7 Å². The molecule has 1 saturated carbocycles. The highest BCUT2D eigenvalue weighted by molar-refractivity contribution is 6.30. The van der Waals surface area contributed by atoms with Gasteiger partial charge in [-0.05, 0) is 50.4 Å². The lowest BCUT2D eigenvalue weighted by Gasteiger charge is -2.19. The molecule has 0 spiro atoms. The summed E-state index contributed by atoms with van der Waals surface area (Å²) < 4.78 is 0. The van der Waals surface area contributed by atoms with Crippen molar-refractivity contribution in [2.75, 3.05) is 13.6 Å². The lowest BCUT2D eigenvalue weighted by molar-refractivity contribution is -0.122. The lowest BCUT2D eigenvalue weighted by Crippen LogP contribution is -2.40. The maximum Gasteiger partial charge on any atom is 0.234 e. The van der Waals surface area contributed by atoms with Crippen molar-refractivity contribution in [3.63, 3.8) is 0 Å². The van der Waals surface area contributed by atoms with Crippen LogP contribution in [0, 0.1) is 5.92 Å². The molecule has 0 aliphatic heterocycles. The summed E-state index contributed by atoms with van der Waals surface area (Å²) in [4.78, 5) is 13.9. The van der Waals surface area contributed by atoms with Gasteiger partial charge in [0.15, 0.2) is 0 Å². The number of hydrogen-bond donors (Lipinski definition) is 1. The Kier molecular flexibility index (Phi) is 4.83. The molecule has 1 amide bonds. The monoisotopic (exact) mass is 280 g/mol. The quantitative estimate of drug-likeness (QED) is 0.869. The highest BCUT2D eigenvalue weighted by Crippen LogP contribution is 2.32. The third-order valence-corrected chi connectivity index (χ3v) is 3.71. The van der Waals surface area contributed by atoms with Gasteiger partial charge in [-0.2, -0.15) is 0 Å². The van der Waals surface area contributed by atoms with Crippen molar-refractivity contribution in [3.05, 3.63) is 34.9 Å². The van der Waals surface area contributed by atoms with Crippen LogP contribution in [0.5, 0.6) is 0 Å². The van der Waals surface area contributed by atoms with Crippen molar-refractivity contribution in [2.45, 2.75) is 32.4 Å². The molecule has 1 aliphatic carbocycles. The second-order valence-electron chi connectivity index (χ2n) is 5.50. The molecule has 0 bridgehead atoms. The van der Waals surface area contributed by atoms with Gasteiger partial charge in [0.05, 0.1) is 6.54 Å². The van der Waals surface area contributed by atoms with E-state index in [0.717, 1.165) is 17.1 Å². The molecule has 1 atom stereocenters. The standard InChI is InChI=1S/C15H21ClN2O/c1-11(13-6-7-13)17-15(19)10-18(2)9-12-4-3-5-14(16)8-12/h3-5,8,11,13H,6-7,9-10H2,1-2H3,(H,17,19). The van der Waals surface area contributed by atoms with E-state index in [1.807, 2.05) is 36.2 Å². The summed E-state index contributed by atoms with van der Waals surface area (Å²) in [6.45, 7) is 3.24. The molecule has 4 heteroatoms. The summed E-state index contributed by atoms with van der Waals surface area (Å²) in [6.07, 6.45) is 2.50. The number of rotatable bonds is 6. The first kappa shape index (κ1) is 14.4. The number of nitrogens with one attached hydrogen (secondary N) is 1. The van der Waals surface area contributed by atoms with Gasteiger partial charge in [0.25, 0.3) is 0 Å². The highest BCUT2D eigenvalue weighted by Gasteiger charge is 2.28. The predicted octanol–water partition coefficient (Wildman–Crippen LogP) is 2.69. The first-order chi connectivity index (χ1) is 9.04. The molecule has 0 aromatic heterocycles. The van der Waals surface area contributed by atoms with Crippen molar-refractivity contribution >= 4 is 17.5 Å². The summed E-state index contributed by atoms with van der Waals surface area (Å²) >= 11 is 5.95. The van der Waals surface area contributed by atoms with E-state index in [0.29, 0.717) is 18.5 Å². The Morgan fingerprint density at radius 3 is 2.89 bits per heavy atom. The van der Waals surface area contributed by atoms with E-state index in [9.17, 15) is 4.79 Å². The average molecular weight is 281 g/mol. The minimum Gasteiger partial charge on any atom is -0.352 e. The van der Waals surface area contributed by atoms with Crippen LogP contribution >= 0.6 is 11.6 Å². The summed E-state index contributed by atoms with van der Waals surface area (Å²) in [7, 11) is 1.95. The molecule has 1 unspecified atom stereocenters. The zero-order valence-corrected chi connectivity index (χ0v) is 12.3. The van der Waals surface area contributed by atoms with Gasteiger partial charge in [-0.15, -0.1) is 0 Å². The smallest absolute Gasteiger partial charge is 0.234 e. The Bertz CT molecular complexity index is 446. The third-order valence-electron chi connectivity index (χ3n) is 3.47. The molecule has 2 rings (SSSR count). The number of carbonyl (C=O) groups excluding carboxylic acids is 1. The second kappa shape index (κ2) is 6.40. The Balaban J connectivity index is 1.76. The van der Waals surface area contributed by atoms with E-state index in [1.165, 1.54) is 12.8 Å². The van der Waals surface area contributed by atoms with Crippen LogP contribution < -0.4 is 5.32 Å². The SMILES string of the molecule is CC(NC(=O)CN(C)Cc1cccc(Cl)c1)C1CC1. The summed E-state index contributed by atoms with van der Waals surface area (Å²) in [5.74, 6) is 0.797. The Labute approximate surface area is 119 Å². The third kappa shape index (κ3) is 4.84. The fourth-order valence-electron chi connectivity index (χ4n) is 2.26. The van der Waals surface area contributed by atoms with Crippen molar-refractivity contribution in [1.29, 1.82) is 0 Å². The van der Waals surface area contributed by atoms with E-state index in [2.05, 4.69) is 12.2 Å². The van der Waals surface area contributed by atoms with Crippen LogP contribution in [-0.4, -0.2) is 30.4 Å². The molecule has 1 aromatic rings. The highest BCUT2D eigenvalue weighted by atomic mass is 35.5. The molecule has 19 heavy (non-hydrogen) atoms. The Hall–Kier alpha value is -1.06. The molecule has 1 aliphatic rings. The van der Waals surface area contributed by atoms with Gasteiger partial charge in [-0.25, -0.2) is 0 Å². The molecule has 1 fully saturated rings. The Morgan fingerprint density at radius 1 is 1.53 bits per heavy atom. The summed E-state index contributed by atoms with van der Waals surface area (Å²) in [6, 6.07) is 8.05. The number of carbonyl (C=O) groups is 1. The van der Waals surface area contributed by atoms with Crippen molar-refractivity contribution in [3.8, 4) is 0 Å². The largest absolute Gasteiger partial charge is 0.352 e. The maximum absolute atomic E-state index is 11.9. The zero-order chi connectivity index (χ0) is 13.8. The number of likely N-dealkylation sites (N-methyl/N-ethyl adjacent to an activating group) is 1. The Morgan fingerprint density at radius 2 is 2.26 bits per heavy atom. The first-order valence-electron chi connectivity index (χ1n) is 6.77. The molecule has 0 heterocycles. The van der Waals surface area contributed by atoms with Crippen LogP contribution in [0.2, 0.25) is 5.02 Å². The fourth-order valence-corrected chi connectivity index (χ4v) is 2.47. The van der Waals surface area contributed by atoms with E-state index in [1.54, 1.807) is 0 Å². The molecular weight excluding hydrogens is 260 g/mol. The van der Waals surface area contributed by atoms with Crippen LogP contribution in [0.3, 0.4) is 0 Å². The molecule has 0 saturated heterocycles. The minimum atomic E-state index is 0.101. The van der Waals surface area contributed by atoms with Gasteiger partial charge in [0, 0.05) is 17.6 Å². The predicted molar refractivity (Wildman–Crippen MR) is 78.1 cm³/mol. The fraction of sp³-hybridized carbons (Fsp3) is 0.533. The van der Waals surface area contributed by atoms with E-state index >= 15 is 0 Å². The van der Waals surface area contributed by atoms with Gasteiger partial charge >= 0.3 is 0 Å². The van der Waals surface area contributed by atoms with E-state index in [-0.39, 0.29) is 5.91 Å². The van der Waals surface area contributed by atoms with Crippen LogP contribution in [-0.2, 0) is 11.3 Å². The van der Waals surface area contributed by atoms with Crippen LogP contribution in [0.15, 0.2) is 24.3 Å². The molecule has 3 nitrogen and oxygen atoms in total. The first-order valence-corrected chi connectivity index (χ1v) is 7.15. The average Bonchev–Trinajstić information content (AvgIpc) is 3.11. The second-order valence-corrected chi connectivity index (χ2v) is 5.93. The topological polar surface area (TPSA) is 32.3 Å².